The third-order valence-corrected chi connectivity index (χ3v) is 2.95. The normalized spacial score (nSPS) is 10.7. The molecule has 0 atom stereocenters. The van der Waals surface area contributed by atoms with Crippen LogP contribution in [0.3, 0.4) is 0 Å². The van der Waals surface area contributed by atoms with E-state index in [-0.39, 0.29) is 5.91 Å². The van der Waals surface area contributed by atoms with E-state index in [4.69, 9.17) is 15.2 Å². The summed E-state index contributed by atoms with van der Waals surface area (Å²) in [6, 6.07) is 7.74. The zero-order valence-electron chi connectivity index (χ0n) is 7.78. The summed E-state index contributed by atoms with van der Waals surface area (Å²) in [5, 5.41) is 1.15. The highest BCUT2D eigenvalue weighted by molar-refractivity contribution is 6.54. The molecule has 1 aromatic carbocycles. The smallest absolute Gasteiger partial charge is 0.157 e. The van der Waals surface area contributed by atoms with Crippen LogP contribution < -0.4 is 10.9 Å². The van der Waals surface area contributed by atoms with Crippen LogP contribution in [0.15, 0.2) is 24.3 Å². The van der Waals surface area contributed by atoms with Gasteiger partial charge in [0.1, 0.15) is 5.91 Å². The molecule has 1 rings (SSSR count). The molecule has 0 aromatic heterocycles. The fourth-order valence-corrected chi connectivity index (χ4v) is 1.93. The number of ether oxygens (including phenoxy) is 2. The van der Waals surface area contributed by atoms with Gasteiger partial charge in [-0.2, -0.15) is 0 Å². The average Bonchev–Trinajstić information content (AvgIpc) is 2.14. The average molecular weight is 195 g/mol. The van der Waals surface area contributed by atoms with Crippen LogP contribution in [0.5, 0.6) is 0 Å². The molecule has 2 radical (unpaired) electrons. The summed E-state index contributed by atoms with van der Waals surface area (Å²) in [5.41, 5.74) is 6.41. The first-order chi connectivity index (χ1) is 6.26. The quantitative estimate of drug-likeness (QED) is 0.423. The minimum Gasteiger partial charge on any atom is -0.399 e. The maximum atomic E-state index is 5.64. The molecule has 0 unspecified atom stereocenters. The van der Waals surface area contributed by atoms with Crippen LogP contribution >= 0.6 is 0 Å². The second kappa shape index (κ2) is 5.01. The van der Waals surface area contributed by atoms with Crippen LogP contribution in [0, 0.1) is 0 Å². The predicted octanol–water partition coefficient (Wildman–Crippen LogP) is 0.175. The number of nitrogens with two attached hydrogens (primary N) is 1. The Labute approximate surface area is 80.7 Å². The first kappa shape index (κ1) is 10.2. The molecule has 0 heterocycles. The van der Waals surface area contributed by atoms with Crippen molar-refractivity contribution in [3.8, 4) is 0 Å². The van der Waals surface area contributed by atoms with Crippen LogP contribution in [-0.2, 0) is 9.47 Å². The molecule has 0 aliphatic carbocycles. The van der Waals surface area contributed by atoms with Crippen molar-refractivity contribution < 1.29 is 9.47 Å². The number of rotatable bonds is 4. The van der Waals surface area contributed by atoms with Crippen LogP contribution in [-0.4, -0.2) is 29.7 Å². The molecule has 0 saturated carbocycles. The first-order valence-corrected chi connectivity index (χ1v) is 5.01. The maximum absolute atomic E-state index is 5.64. The topological polar surface area (TPSA) is 44.5 Å². The lowest BCUT2D eigenvalue weighted by Gasteiger charge is -2.12. The molecule has 0 aliphatic rings. The molecule has 0 spiro atoms. The number of hydrogen-bond acceptors (Lipinski definition) is 3. The summed E-state index contributed by atoms with van der Waals surface area (Å²) in [6.45, 7) is 0. The van der Waals surface area contributed by atoms with Crippen molar-refractivity contribution in [2.75, 3.05) is 20.0 Å². The summed E-state index contributed by atoms with van der Waals surface area (Å²) >= 11 is 0. The fraction of sp³-hybridized carbons (Fsp3) is 0.333. The van der Waals surface area contributed by atoms with Gasteiger partial charge in [-0.05, 0) is 12.1 Å². The third-order valence-electron chi connectivity index (χ3n) is 1.60. The molecule has 4 heteroatoms. The van der Waals surface area contributed by atoms with Gasteiger partial charge < -0.3 is 15.2 Å². The Morgan fingerprint density at radius 2 is 2.00 bits per heavy atom. The van der Waals surface area contributed by atoms with Crippen LogP contribution in [0.1, 0.15) is 0 Å². The van der Waals surface area contributed by atoms with E-state index in [9.17, 15) is 0 Å². The van der Waals surface area contributed by atoms with Gasteiger partial charge in [-0.3, -0.25) is 0 Å². The van der Waals surface area contributed by atoms with Crippen LogP contribution in [0.4, 0.5) is 5.69 Å². The highest BCUT2D eigenvalue weighted by Gasteiger charge is 2.07. The number of nitrogen functional groups attached to an aromatic ring is 1. The Morgan fingerprint density at radius 3 is 2.54 bits per heavy atom. The molecule has 0 aliphatic heterocycles. The van der Waals surface area contributed by atoms with Gasteiger partial charge in [-0.15, -0.1) is 0 Å². The van der Waals surface area contributed by atoms with E-state index < -0.39 is 0 Å². The SMILES string of the molecule is COC(OC)[Si]c1cccc(N)c1. The minimum atomic E-state index is -0.165. The van der Waals surface area contributed by atoms with Crippen molar-refractivity contribution in [1.82, 2.24) is 0 Å². The second-order valence-corrected chi connectivity index (χ2v) is 3.91. The number of anilines is 1. The molecule has 70 valence electrons. The van der Waals surface area contributed by atoms with E-state index in [0.29, 0.717) is 9.52 Å². The van der Waals surface area contributed by atoms with E-state index in [0.717, 1.165) is 10.9 Å². The molecular formula is C9H13NO2Si. The summed E-state index contributed by atoms with van der Waals surface area (Å²) in [7, 11) is 3.73. The molecule has 13 heavy (non-hydrogen) atoms. The highest BCUT2D eigenvalue weighted by atomic mass is 28.2. The molecule has 1 aromatic rings. The van der Waals surface area contributed by atoms with Crippen molar-refractivity contribution in [3.05, 3.63) is 24.3 Å². The van der Waals surface area contributed by atoms with Crippen molar-refractivity contribution in [1.29, 1.82) is 0 Å². The maximum Gasteiger partial charge on any atom is 0.157 e. The molecule has 2 N–H and O–H groups in total. The van der Waals surface area contributed by atoms with Gasteiger partial charge >= 0.3 is 0 Å². The van der Waals surface area contributed by atoms with Gasteiger partial charge in [0.2, 0.25) is 0 Å². The number of hydrogen-bond donors (Lipinski definition) is 1. The molecule has 0 fully saturated rings. The second-order valence-electron chi connectivity index (χ2n) is 2.57. The Bertz CT molecular complexity index is 264. The summed E-state index contributed by atoms with van der Waals surface area (Å²) in [4.78, 5) is 0. The van der Waals surface area contributed by atoms with Gasteiger partial charge in [-0.25, -0.2) is 0 Å². The first-order valence-electron chi connectivity index (χ1n) is 3.94. The van der Waals surface area contributed by atoms with Gasteiger partial charge in [0.25, 0.3) is 0 Å². The largest absolute Gasteiger partial charge is 0.399 e. The zero-order chi connectivity index (χ0) is 9.68. The van der Waals surface area contributed by atoms with Crippen molar-refractivity contribution in [3.63, 3.8) is 0 Å². The monoisotopic (exact) mass is 195 g/mol. The predicted molar refractivity (Wildman–Crippen MR) is 54.0 cm³/mol. The summed E-state index contributed by atoms with van der Waals surface area (Å²) in [6.07, 6.45) is 0. The lowest BCUT2D eigenvalue weighted by Crippen LogP contribution is -2.31. The molecular weight excluding hydrogens is 182 g/mol. The van der Waals surface area contributed by atoms with E-state index in [1.807, 2.05) is 24.3 Å². The highest BCUT2D eigenvalue weighted by Crippen LogP contribution is 1.97. The fourth-order valence-electron chi connectivity index (χ4n) is 0.979. The summed E-state index contributed by atoms with van der Waals surface area (Å²) < 4.78 is 10.2. The number of methoxy groups -OCH3 is 2. The standard InChI is InChI=1S/C9H13NO2Si/c1-11-9(12-2)13-8-5-3-4-7(10)6-8/h3-6,9H,10H2,1-2H3. The lowest BCUT2D eigenvalue weighted by molar-refractivity contribution is -0.0429. The Balaban J connectivity index is 2.62. The van der Waals surface area contributed by atoms with E-state index in [1.165, 1.54) is 0 Å². The third kappa shape index (κ3) is 3.18. The van der Waals surface area contributed by atoms with Crippen LogP contribution in [0.2, 0.25) is 0 Å². The molecule has 0 amide bonds. The van der Waals surface area contributed by atoms with E-state index >= 15 is 0 Å². The minimum absolute atomic E-state index is 0.165. The Hall–Kier alpha value is -0.843. The summed E-state index contributed by atoms with van der Waals surface area (Å²) in [5.74, 6) is -0.165. The van der Waals surface area contributed by atoms with Gasteiger partial charge in [0.15, 0.2) is 9.52 Å². The molecule has 0 saturated heterocycles. The lowest BCUT2D eigenvalue weighted by atomic mass is 10.3. The van der Waals surface area contributed by atoms with Gasteiger partial charge in [0, 0.05) is 19.9 Å². The zero-order valence-corrected chi connectivity index (χ0v) is 8.78. The molecule has 0 bridgehead atoms. The van der Waals surface area contributed by atoms with Crippen LogP contribution in [0.25, 0.3) is 0 Å². The number of benzene rings is 1. The van der Waals surface area contributed by atoms with E-state index in [2.05, 4.69) is 0 Å². The van der Waals surface area contributed by atoms with E-state index in [1.54, 1.807) is 14.2 Å². The van der Waals surface area contributed by atoms with Crippen molar-refractivity contribution in [2.24, 2.45) is 0 Å². The molecule has 3 nitrogen and oxygen atoms in total. The van der Waals surface area contributed by atoms with Crippen molar-refractivity contribution in [2.45, 2.75) is 5.91 Å². The van der Waals surface area contributed by atoms with Crippen molar-refractivity contribution >= 4 is 20.4 Å². The van der Waals surface area contributed by atoms with Gasteiger partial charge in [-0.1, -0.05) is 17.3 Å². The Morgan fingerprint density at radius 1 is 1.31 bits per heavy atom. The van der Waals surface area contributed by atoms with Gasteiger partial charge in [0.05, 0.1) is 0 Å². The Kier molecular flexibility index (Phi) is 3.95.